The van der Waals surface area contributed by atoms with Crippen molar-refractivity contribution in [3.8, 4) is 0 Å². The highest BCUT2D eigenvalue weighted by Crippen LogP contribution is 2.26. The maximum Gasteiger partial charge on any atom is 0.389 e. The van der Waals surface area contributed by atoms with E-state index in [0.29, 0.717) is 0 Å². The van der Waals surface area contributed by atoms with Crippen LogP contribution in [0.4, 0.5) is 13.2 Å². The number of halogens is 3. The number of alkyl halides is 3. The van der Waals surface area contributed by atoms with Gasteiger partial charge in [0.2, 0.25) is 0 Å². The fourth-order valence-corrected chi connectivity index (χ4v) is 1.24. The molecule has 0 saturated carbocycles. The van der Waals surface area contributed by atoms with Gasteiger partial charge in [-0.3, -0.25) is 9.59 Å². The molecule has 0 heterocycles. The summed E-state index contributed by atoms with van der Waals surface area (Å²) in [6, 6.07) is 0. The van der Waals surface area contributed by atoms with Gasteiger partial charge in [0.05, 0.1) is 12.3 Å². The fourth-order valence-electron chi connectivity index (χ4n) is 1.24. The number of carboxylic acids is 1. The number of rotatable bonds is 5. The summed E-state index contributed by atoms with van der Waals surface area (Å²) in [5, 5.41) is 8.74. The lowest BCUT2D eigenvalue weighted by Crippen LogP contribution is -2.28. The first-order valence-electron chi connectivity index (χ1n) is 6.77. The van der Waals surface area contributed by atoms with Crippen LogP contribution in [0.5, 0.6) is 0 Å². The average molecular weight is 326 g/mol. The van der Waals surface area contributed by atoms with Crippen molar-refractivity contribution in [1.82, 2.24) is 0 Å². The fraction of sp³-hybridized carbons (Fsp3) is 0.733. The Bertz CT molecular complexity index is 377. The molecule has 0 aromatic carbocycles. The topological polar surface area (TPSA) is 63.6 Å². The molecule has 0 aromatic heterocycles. The molecule has 0 aliphatic heterocycles. The molecule has 0 aliphatic rings. The Balaban J connectivity index is 0. The lowest BCUT2D eigenvalue weighted by molar-refractivity contribution is -0.162. The minimum absolute atomic E-state index is 0.553. The number of carbonyl (C=O) groups is 2. The van der Waals surface area contributed by atoms with Crippen LogP contribution in [0, 0.1) is 5.92 Å². The third kappa shape index (κ3) is 18.5. The van der Waals surface area contributed by atoms with Crippen LogP contribution >= 0.6 is 0 Å². The Morgan fingerprint density at radius 1 is 1.18 bits per heavy atom. The summed E-state index contributed by atoms with van der Waals surface area (Å²) in [5.74, 6) is -3.61. The maximum absolute atomic E-state index is 12.0. The molecule has 1 N–H and O–H groups in total. The van der Waals surface area contributed by atoms with Gasteiger partial charge in [-0.2, -0.15) is 13.2 Å². The third-order valence-corrected chi connectivity index (χ3v) is 1.96. The molecule has 0 amide bonds. The first-order valence-corrected chi connectivity index (χ1v) is 6.77. The minimum atomic E-state index is -4.43. The molecule has 0 saturated heterocycles. The SMILES string of the molecule is C=C(C)C.CC(C)(C)OC(=O)CC(CCC(F)(F)F)C(=O)O. The van der Waals surface area contributed by atoms with Gasteiger partial charge in [-0.15, -0.1) is 6.58 Å². The Hall–Kier alpha value is -1.53. The van der Waals surface area contributed by atoms with Gasteiger partial charge in [0.15, 0.2) is 0 Å². The second kappa shape index (κ2) is 9.48. The number of carboxylic acid groups (broad SMARTS) is 1. The van der Waals surface area contributed by atoms with E-state index >= 15 is 0 Å². The quantitative estimate of drug-likeness (QED) is 0.603. The van der Waals surface area contributed by atoms with E-state index < -0.39 is 48.9 Å². The molecule has 0 rings (SSSR count). The summed E-state index contributed by atoms with van der Waals surface area (Å²) >= 11 is 0. The molecule has 0 bridgehead atoms. The molecule has 0 fully saturated rings. The monoisotopic (exact) mass is 326 g/mol. The predicted molar refractivity (Wildman–Crippen MR) is 77.4 cm³/mol. The standard InChI is InChI=1S/C11H17F3O4.C4H8/c1-10(2,3)18-8(15)6-7(9(16)17)4-5-11(12,13)14;1-4(2)3/h7H,4-6H2,1-3H3,(H,16,17);1H2,2-3H3. The lowest BCUT2D eigenvalue weighted by atomic mass is 9.99. The van der Waals surface area contributed by atoms with E-state index in [9.17, 15) is 22.8 Å². The van der Waals surface area contributed by atoms with Crippen molar-refractivity contribution >= 4 is 11.9 Å². The lowest BCUT2D eigenvalue weighted by Gasteiger charge is -2.21. The van der Waals surface area contributed by atoms with E-state index in [0.717, 1.165) is 0 Å². The molecular formula is C15H25F3O4. The number of ether oxygens (including phenoxy) is 1. The summed E-state index contributed by atoms with van der Waals surface area (Å²) < 4.78 is 40.8. The molecule has 0 radical (unpaired) electrons. The first kappa shape index (κ1) is 22.7. The van der Waals surface area contributed by atoms with Gasteiger partial charge in [0.1, 0.15) is 5.60 Å². The summed E-state index contributed by atoms with van der Waals surface area (Å²) in [7, 11) is 0. The number of allylic oxidation sites excluding steroid dienone is 1. The predicted octanol–water partition coefficient (Wildman–Crippen LogP) is 4.34. The van der Waals surface area contributed by atoms with Crippen molar-refractivity contribution in [2.75, 3.05) is 0 Å². The molecule has 130 valence electrons. The van der Waals surface area contributed by atoms with Crippen molar-refractivity contribution in [1.29, 1.82) is 0 Å². The molecule has 0 aliphatic carbocycles. The Morgan fingerprint density at radius 3 is 1.86 bits per heavy atom. The van der Waals surface area contributed by atoms with Gasteiger partial charge in [0, 0.05) is 6.42 Å². The van der Waals surface area contributed by atoms with E-state index in [1.165, 1.54) is 5.57 Å². The second-order valence-corrected chi connectivity index (χ2v) is 6.19. The average Bonchev–Trinajstić information content (AvgIpc) is 2.18. The normalized spacial score (nSPS) is 12.7. The number of esters is 1. The zero-order chi connectivity index (χ0) is 18.1. The van der Waals surface area contributed by atoms with E-state index in [-0.39, 0.29) is 0 Å². The minimum Gasteiger partial charge on any atom is -0.481 e. The van der Waals surface area contributed by atoms with Crippen molar-refractivity contribution in [3.05, 3.63) is 12.2 Å². The van der Waals surface area contributed by atoms with Crippen LogP contribution in [0.25, 0.3) is 0 Å². The molecule has 4 nitrogen and oxygen atoms in total. The molecule has 1 unspecified atom stereocenters. The van der Waals surface area contributed by atoms with Gasteiger partial charge < -0.3 is 9.84 Å². The number of aliphatic carboxylic acids is 1. The van der Waals surface area contributed by atoms with Gasteiger partial charge in [-0.25, -0.2) is 0 Å². The van der Waals surface area contributed by atoms with Crippen molar-refractivity contribution in [3.63, 3.8) is 0 Å². The van der Waals surface area contributed by atoms with Gasteiger partial charge in [0.25, 0.3) is 0 Å². The second-order valence-electron chi connectivity index (χ2n) is 6.19. The third-order valence-electron chi connectivity index (χ3n) is 1.96. The largest absolute Gasteiger partial charge is 0.481 e. The smallest absolute Gasteiger partial charge is 0.389 e. The number of hydrogen-bond acceptors (Lipinski definition) is 3. The van der Waals surface area contributed by atoms with E-state index in [2.05, 4.69) is 6.58 Å². The van der Waals surface area contributed by atoms with Gasteiger partial charge >= 0.3 is 18.1 Å². The van der Waals surface area contributed by atoms with Crippen molar-refractivity contribution < 1.29 is 32.6 Å². The summed E-state index contributed by atoms with van der Waals surface area (Å²) in [5.41, 5.74) is 0.379. The van der Waals surface area contributed by atoms with Crippen LogP contribution in [0.3, 0.4) is 0 Å². The Labute approximate surface area is 129 Å². The van der Waals surface area contributed by atoms with E-state index in [4.69, 9.17) is 9.84 Å². The summed E-state index contributed by atoms with van der Waals surface area (Å²) in [6.07, 6.45) is -6.84. The number of carbonyl (C=O) groups excluding carboxylic acids is 1. The molecule has 0 aromatic rings. The Kier molecular flexibility index (Phi) is 9.80. The van der Waals surface area contributed by atoms with Crippen LogP contribution < -0.4 is 0 Å². The molecular weight excluding hydrogens is 301 g/mol. The molecule has 0 spiro atoms. The molecule has 7 heteroatoms. The van der Waals surface area contributed by atoms with Crippen LogP contribution in [0.1, 0.15) is 53.9 Å². The highest BCUT2D eigenvalue weighted by atomic mass is 19.4. The maximum atomic E-state index is 12.0. The Morgan fingerprint density at radius 2 is 1.59 bits per heavy atom. The van der Waals surface area contributed by atoms with E-state index in [1.807, 2.05) is 13.8 Å². The van der Waals surface area contributed by atoms with Crippen LogP contribution in [0.15, 0.2) is 12.2 Å². The van der Waals surface area contributed by atoms with Gasteiger partial charge in [-0.05, 0) is 41.0 Å². The van der Waals surface area contributed by atoms with Crippen LogP contribution in [0.2, 0.25) is 0 Å². The highest BCUT2D eigenvalue weighted by Gasteiger charge is 2.32. The molecule has 22 heavy (non-hydrogen) atoms. The number of hydrogen-bond donors (Lipinski definition) is 1. The van der Waals surface area contributed by atoms with Crippen LogP contribution in [-0.4, -0.2) is 28.8 Å². The summed E-state index contributed by atoms with van der Waals surface area (Å²) in [4.78, 5) is 22.1. The van der Waals surface area contributed by atoms with Crippen molar-refractivity contribution in [2.45, 2.75) is 65.7 Å². The van der Waals surface area contributed by atoms with Crippen molar-refractivity contribution in [2.24, 2.45) is 5.92 Å². The van der Waals surface area contributed by atoms with E-state index in [1.54, 1.807) is 20.8 Å². The highest BCUT2D eigenvalue weighted by molar-refractivity contribution is 5.78. The first-order chi connectivity index (χ1) is 9.64. The summed E-state index contributed by atoms with van der Waals surface area (Å²) in [6.45, 7) is 12.3. The zero-order valence-electron chi connectivity index (χ0n) is 13.7. The molecule has 1 atom stereocenters. The van der Waals surface area contributed by atoms with Crippen LogP contribution in [-0.2, 0) is 14.3 Å². The zero-order valence-corrected chi connectivity index (χ0v) is 13.7. The van der Waals surface area contributed by atoms with Gasteiger partial charge in [-0.1, -0.05) is 5.57 Å².